The Morgan fingerprint density at radius 2 is 2.08 bits per heavy atom. The number of carbonyl (C=O) groups is 1. The number of rotatable bonds is 5. The van der Waals surface area contributed by atoms with Gasteiger partial charge >= 0.3 is 0 Å². The lowest BCUT2D eigenvalue weighted by Crippen LogP contribution is -2.39. The zero-order valence-corrected chi connectivity index (χ0v) is 14.5. The first kappa shape index (κ1) is 17.5. The highest BCUT2D eigenvalue weighted by Gasteiger charge is 2.34. The Kier molecular flexibility index (Phi) is 5.08. The first-order valence-electron chi connectivity index (χ1n) is 8.58. The Labute approximate surface area is 146 Å². The SMILES string of the molecule is CCOc1cc([N+](=O)[O-])c(C(=O)N2CCC3CCC(C2)N3)cc1OC. The van der Waals surface area contributed by atoms with Crippen LogP contribution in [-0.2, 0) is 0 Å². The summed E-state index contributed by atoms with van der Waals surface area (Å²) in [7, 11) is 1.45. The molecule has 0 saturated carbocycles. The highest BCUT2D eigenvalue weighted by molar-refractivity contribution is 5.99. The Bertz CT molecular complexity index is 678. The van der Waals surface area contributed by atoms with E-state index in [1.165, 1.54) is 19.2 Å². The van der Waals surface area contributed by atoms with Gasteiger partial charge in [0.1, 0.15) is 5.56 Å². The van der Waals surface area contributed by atoms with Crippen LogP contribution in [-0.4, -0.2) is 54.6 Å². The number of methoxy groups -OCH3 is 1. The fraction of sp³-hybridized carbons (Fsp3) is 0.588. The molecule has 8 nitrogen and oxygen atoms in total. The van der Waals surface area contributed by atoms with Crippen LogP contribution < -0.4 is 14.8 Å². The molecular weight excluding hydrogens is 326 g/mol. The van der Waals surface area contributed by atoms with Gasteiger partial charge in [-0.25, -0.2) is 0 Å². The molecule has 8 heteroatoms. The number of likely N-dealkylation sites (tertiary alicyclic amines) is 1. The van der Waals surface area contributed by atoms with Crippen molar-refractivity contribution < 1.29 is 19.2 Å². The molecule has 136 valence electrons. The zero-order chi connectivity index (χ0) is 18.0. The fourth-order valence-electron chi connectivity index (χ4n) is 3.60. The minimum absolute atomic E-state index is 0.0445. The van der Waals surface area contributed by atoms with Gasteiger partial charge in [-0.1, -0.05) is 0 Å². The van der Waals surface area contributed by atoms with E-state index in [1.54, 1.807) is 11.8 Å². The first-order chi connectivity index (χ1) is 12.0. The minimum Gasteiger partial charge on any atom is -0.493 e. The number of hydrogen-bond acceptors (Lipinski definition) is 6. The molecule has 2 aliphatic heterocycles. The minimum atomic E-state index is -0.544. The maximum absolute atomic E-state index is 13.0. The standard InChI is InChI=1S/C17H23N3O5/c1-3-25-16-9-14(20(22)23)13(8-15(16)24-2)17(21)19-7-6-11-4-5-12(10-19)18-11/h8-9,11-12,18H,3-7,10H2,1-2H3. The van der Waals surface area contributed by atoms with Gasteiger partial charge in [0, 0.05) is 31.2 Å². The third-order valence-electron chi connectivity index (χ3n) is 4.82. The summed E-state index contributed by atoms with van der Waals surface area (Å²) in [5.74, 6) is 0.262. The highest BCUT2D eigenvalue weighted by Crippen LogP contribution is 2.35. The van der Waals surface area contributed by atoms with E-state index in [9.17, 15) is 14.9 Å². The number of fused-ring (bicyclic) bond motifs is 2. The number of amides is 1. The Hall–Kier alpha value is -2.35. The van der Waals surface area contributed by atoms with E-state index in [0.29, 0.717) is 31.5 Å². The maximum atomic E-state index is 13.0. The van der Waals surface area contributed by atoms with Crippen molar-refractivity contribution in [3.8, 4) is 11.5 Å². The summed E-state index contributed by atoms with van der Waals surface area (Å²) in [6.45, 7) is 3.30. The van der Waals surface area contributed by atoms with Crippen LogP contribution >= 0.6 is 0 Å². The number of nitro groups is 1. The molecule has 2 saturated heterocycles. The summed E-state index contributed by atoms with van der Waals surface area (Å²) < 4.78 is 10.6. The van der Waals surface area contributed by atoms with Crippen LogP contribution in [0.15, 0.2) is 12.1 Å². The van der Waals surface area contributed by atoms with Crippen LogP contribution in [0, 0.1) is 10.1 Å². The third kappa shape index (κ3) is 3.53. The number of benzene rings is 1. The number of carbonyl (C=O) groups excluding carboxylic acids is 1. The summed E-state index contributed by atoms with van der Waals surface area (Å²) in [6.07, 6.45) is 3.02. The van der Waals surface area contributed by atoms with Gasteiger partial charge in [-0.3, -0.25) is 14.9 Å². The average molecular weight is 349 g/mol. The Morgan fingerprint density at radius 3 is 2.76 bits per heavy atom. The summed E-state index contributed by atoms with van der Waals surface area (Å²) in [5, 5.41) is 15.0. The van der Waals surface area contributed by atoms with Crippen molar-refractivity contribution in [1.29, 1.82) is 0 Å². The maximum Gasteiger partial charge on any atom is 0.286 e. The van der Waals surface area contributed by atoms with Gasteiger partial charge in [0.15, 0.2) is 11.5 Å². The molecule has 0 aromatic heterocycles. The summed E-state index contributed by atoms with van der Waals surface area (Å²) in [4.78, 5) is 25.6. The molecular formula is C17H23N3O5. The quantitative estimate of drug-likeness (QED) is 0.645. The van der Waals surface area contributed by atoms with E-state index in [4.69, 9.17) is 9.47 Å². The predicted molar refractivity (Wildman–Crippen MR) is 91.3 cm³/mol. The second-order valence-corrected chi connectivity index (χ2v) is 6.39. The van der Waals surface area contributed by atoms with Gasteiger partial charge in [0.2, 0.25) is 0 Å². The monoisotopic (exact) mass is 349 g/mol. The number of ether oxygens (including phenoxy) is 2. The number of nitrogens with zero attached hydrogens (tertiary/aromatic N) is 2. The van der Waals surface area contributed by atoms with E-state index < -0.39 is 4.92 Å². The topological polar surface area (TPSA) is 93.9 Å². The van der Waals surface area contributed by atoms with Crippen LogP contribution in [0.3, 0.4) is 0 Å². The van der Waals surface area contributed by atoms with E-state index in [-0.39, 0.29) is 28.9 Å². The molecule has 25 heavy (non-hydrogen) atoms. The van der Waals surface area contributed by atoms with Gasteiger partial charge in [-0.05, 0) is 26.2 Å². The van der Waals surface area contributed by atoms with Gasteiger partial charge in [-0.15, -0.1) is 0 Å². The predicted octanol–water partition coefficient (Wildman–Crippen LogP) is 1.97. The summed E-state index contributed by atoms with van der Waals surface area (Å²) >= 11 is 0. The Morgan fingerprint density at radius 1 is 1.32 bits per heavy atom. The number of hydrogen-bond donors (Lipinski definition) is 1. The molecule has 2 heterocycles. The van der Waals surface area contributed by atoms with Crippen molar-refractivity contribution >= 4 is 11.6 Å². The second-order valence-electron chi connectivity index (χ2n) is 6.39. The average Bonchev–Trinajstić information content (AvgIpc) is 2.93. The van der Waals surface area contributed by atoms with Crippen molar-refractivity contribution in [2.45, 2.75) is 38.3 Å². The van der Waals surface area contributed by atoms with Crippen LogP contribution in [0.5, 0.6) is 11.5 Å². The molecule has 2 fully saturated rings. The van der Waals surface area contributed by atoms with E-state index in [0.717, 1.165) is 19.3 Å². The van der Waals surface area contributed by atoms with Crippen molar-refractivity contribution in [1.82, 2.24) is 10.2 Å². The van der Waals surface area contributed by atoms with Crippen LogP contribution in [0.25, 0.3) is 0 Å². The molecule has 1 aromatic carbocycles. The van der Waals surface area contributed by atoms with Gasteiger partial charge < -0.3 is 19.7 Å². The van der Waals surface area contributed by atoms with Gasteiger partial charge in [0.25, 0.3) is 11.6 Å². The van der Waals surface area contributed by atoms with E-state index in [1.807, 2.05) is 0 Å². The molecule has 2 unspecified atom stereocenters. The number of nitro benzene ring substituents is 1. The van der Waals surface area contributed by atoms with Crippen molar-refractivity contribution in [3.05, 3.63) is 27.8 Å². The van der Waals surface area contributed by atoms with Crippen molar-refractivity contribution in [2.24, 2.45) is 0 Å². The molecule has 1 N–H and O–H groups in total. The molecule has 0 spiro atoms. The number of nitrogens with one attached hydrogen (secondary N) is 1. The highest BCUT2D eigenvalue weighted by atomic mass is 16.6. The molecule has 3 rings (SSSR count). The van der Waals surface area contributed by atoms with Crippen molar-refractivity contribution in [2.75, 3.05) is 26.8 Å². The molecule has 2 aliphatic rings. The molecule has 0 aliphatic carbocycles. The van der Waals surface area contributed by atoms with Crippen LogP contribution in [0.4, 0.5) is 5.69 Å². The molecule has 2 atom stereocenters. The summed E-state index contributed by atoms with van der Waals surface area (Å²) in [5.41, 5.74) is -0.209. The lowest BCUT2D eigenvalue weighted by atomic mass is 10.1. The fourth-order valence-corrected chi connectivity index (χ4v) is 3.60. The molecule has 2 bridgehead atoms. The third-order valence-corrected chi connectivity index (χ3v) is 4.82. The van der Waals surface area contributed by atoms with Crippen molar-refractivity contribution in [3.63, 3.8) is 0 Å². The normalized spacial score (nSPS) is 22.4. The van der Waals surface area contributed by atoms with Gasteiger partial charge in [-0.2, -0.15) is 0 Å². The molecule has 1 amide bonds. The molecule has 0 radical (unpaired) electrons. The lowest BCUT2D eigenvalue weighted by Gasteiger charge is -2.24. The smallest absolute Gasteiger partial charge is 0.286 e. The van der Waals surface area contributed by atoms with Gasteiger partial charge in [0.05, 0.1) is 24.7 Å². The van der Waals surface area contributed by atoms with Crippen LogP contribution in [0.2, 0.25) is 0 Å². The largest absolute Gasteiger partial charge is 0.493 e. The van der Waals surface area contributed by atoms with Crippen LogP contribution in [0.1, 0.15) is 36.5 Å². The lowest BCUT2D eigenvalue weighted by molar-refractivity contribution is -0.385. The second kappa shape index (κ2) is 7.26. The van der Waals surface area contributed by atoms with E-state index in [2.05, 4.69) is 5.32 Å². The zero-order valence-electron chi connectivity index (χ0n) is 14.5. The van der Waals surface area contributed by atoms with E-state index >= 15 is 0 Å². The summed E-state index contributed by atoms with van der Waals surface area (Å²) in [6, 6.07) is 3.40. The Balaban J connectivity index is 1.93. The first-order valence-corrected chi connectivity index (χ1v) is 8.58. The molecule has 1 aromatic rings.